The molecule has 20 heavy (non-hydrogen) atoms. The molecule has 1 aromatic carbocycles. The maximum atomic E-state index is 13.0. The monoisotopic (exact) mass is 299 g/mol. The van der Waals surface area contributed by atoms with Gasteiger partial charge in [0.2, 0.25) is 0 Å². The molecule has 0 amide bonds. The van der Waals surface area contributed by atoms with Gasteiger partial charge in [-0.1, -0.05) is 17.7 Å². The van der Waals surface area contributed by atoms with Crippen molar-refractivity contribution in [3.63, 3.8) is 0 Å². The minimum absolute atomic E-state index is 0.189. The average molecular weight is 300 g/mol. The van der Waals surface area contributed by atoms with Crippen LogP contribution in [0.4, 0.5) is 4.39 Å². The van der Waals surface area contributed by atoms with Crippen LogP contribution in [0.5, 0.6) is 0 Å². The summed E-state index contributed by atoms with van der Waals surface area (Å²) in [5, 5.41) is 10.7. The van der Waals surface area contributed by atoms with Crippen molar-refractivity contribution in [1.29, 1.82) is 0 Å². The zero-order valence-electron chi connectivity index (χ0n) is 11.3. The van der Waals surface area contributed by atoms with Gasteiger partial charge in [-0.15, -0.1) is 0 Å². The highest BCUT2D eigenvalue weighted by Gasteiger charge is 2.35. The summed E-state index contributed by atoms with van der Waals surface area (Å²) in [7, 11) is 0. The van der Waals surface area contributed by atoms with E-state index in [1.165, 1.54) is 25.0 Å². The Morgan fingerprint density at radius 1 is 1.50 bits per heavy atom. The van der Waals surface area contributed by atoms with Crippen molar-refractivity contribution in [3.8, 4) is 0 Å². The minimum Gasteiger partial charge on any atom is -0.390 e. The van der Waals surface area contributed by atoms with E-state index < -0.39 is 6.10 Å². The van der Waals surface area contributed by atoms with Gasteiger partial charge in [-0.25, -0.2) is 4.39 Å². The molecule has 3 atom stereocenters. The van der Waals surface area contributed by atoms with Crippen molar-refractivity contribution in [1.82, 2.24) is 4.90 Å². The van der Waals surface area contributed by atoms with Crippen LogP contribution in [0.25, 0.3) is 0 Å². The quantitative estimate of drug-likeness (QED) is 0.929. The highest BCUT2D eigenvalue weighted by atomic mass is 35.5. The summed E-state index contributed by atoms with van der Waals surface area (Å²) in [5.74, 6) is -0.359. The summed E-state index contributed by atoms with van der Waals surface area (Å²) in [5.41, 5.74) is 0.757. The van der Waals surface area contributed by atoms with Crippen LogP contribution in [-0.4, -0.2) is 48.0 Å². The number of aliphatic hydroxyl groups is 1. The lowest BCUT2D eigenvalue weighted by Crippen LogP contribution is -2.50. The molecule has 0 aliphatic carbocycles. The highest BCUT2D eigenvalue weighted by molar-refractivity contribution is 6.31. The zero-order valence-corrected chi connectivity index (χ0v) is 12.0. The summed E-state index contributed by atoms with van der Waals surface area (Å²) in [6.07, 6.45) is 1.99. The molecule has 3 nitrogen and oxygen atoms in total. The first-order valence-electron chi connectivity index (χ1n) is 7.11. The summed E-state index contributed by atoms with van der Waals surface area (Å²) < 4.78 is 18.8. The van der Waals surface area contributed by atoms with Crippen molar-refractivity contribution in [3.05, 3.63) is 34.6 Å². The van der Waals surface area contributed by atoms with E-state index in [2.05, 4.69) is 4.90 Å². The number of hydrogen-bond donors (Lipinski definition) is 1. The second kappa shape index (κ2) is 5.98. The van der Waals surface area contributed by atoms with E-state index >= 15 is 0 Å². The van der Waals surface area contributed by atoms with Gasteiger partial charge in [0.1, 0.15) is 5.82 Å². The van der Waals surface area contributed by atoms with Gasteiger partial charge in [-0.3, -0.25) is 4.90 Å². The fourth-order valence-corrected chi connectivity index (χ4v) is 3.36. The van der Waals surface area contributed by atoms with Crippen LogP contribution >= 0.6 is 11.6 Å². The van der Waals surface area contributed by atoms with Gasteiger partial charge < -0.3 is 9.84 Å². The topological polar surface area (TPSA) is 32.7 Å². The molecule has 2 aliphatic rings. The molecular weight excluding hydrogens is 281 g/mol. The third-order valence-electron chi connectivity index (χ3n) is 4.29. The Bertz CT molecular complexity index is 485. The molecule has 1 N–H and O–H groups in total. The van der Waals surface area contributed by atoms with Crippen LogP contribution in [-0.2, 0) is 11.2 Å². The van der Waals surface area contributed by atoms with Gasteiger partial charge in [0.25, 0.3) is 0 Å². The molecule has 1 aromatic rings. The van der Waals surface area contributed by atoms with E-state index in [0.29, 0.717) is 24.1 Å². The van der Waals surface area contributed by atoms with Crippen LogP contribution in [0.1, 0.15) is 18.4 Å². The van der Waals surface area contributed by atoms with Crippen LogP contribution in [0.15, 0.2) is 18.2 Å². The number of halogens is 2. The number of ether oxygens (including phenoxy) is 1. The predicted molar refractivity (Wildman–Crippen MR) is 75.5 cm³/mol. The van der Waals surface area contributed by atoms with E-state index in [-0.39, 0.29) is 11.9 Å². The Balaban J connectivity index is 1.62. The number of hydrogen-bond acceptors (Lipinski definition) is 3. The maximum absolute atomic E-state index is 13.0. The van der Waals surface area contributed by atoms with Gasteiger partial charge in [-0.05, 0) is 37.1 Å². The number of benzene rings is 1. The van der Waals surface area contributed by atoms with Gasteiger partial charge in [0.15, 0.2) is 0 Å². The highest BCUT2D eigenvalue weighted by Crippen LogP contribution is 2.26. The summed E-state index contributed by atoms with van der Waals surface area (Å²) >= 11 is 6.00. The van der Waals surface area contributed by atoms with E-state index in [1.54, 1.807) is 6.07 Å². The molecule has 3 unspecified atom stereocenters. The lowest BCUT2D eigenvalue weighted by molar-refractivity contribution is -0.101. The summed E-state index contributed by atoms with van der Waals surface area (Å²) in [6.45, 7) is 2.55. The smallest absolute Gasteiger partial charge is 0.124 e. The van der Waals surface area contributed by atoms with E-state index in [4.69, 9.17) is 16.3 Å². The van der Waals surface area contributed by atoms with Gasteiger partial charge in [-0.2, -0.15) is 0 Å². The molecule has 0 aromatic heterocycles. The number of aliphatic hydroxyl groups excluding tert-OH is 1. The van der Waals surface area contributed by atoms with Gasteiger partial charge in [0, 0.05) is 24.0 Å². The van der Waals surface area contributed by atoms with E-state index in [9.17, 15) is 9.50 Å². The molecule has 2 fully saturated rings. The molecule has 0 radical (unpaired) electrons. The minimum atomic E-state index is -0.612. The lowest BCUT2D eigenvalue weighted by atomic mass is 10.0. The molecule has 0 saturated carbocycles. The Morgan fingerprint density at radius 2 is 2.35 bits per heavy atom. The first kappa shape index (κ1) is 14.3. The van der Waals surface area contributed by atoms with Crippen molar-refractivity contribution >= 4 is 11.6 Å². The standard InChI is InChI=1S/C15H19ClFNO2/c16-13-7-11(17)4-3-10(13)6-14(19)15-8-18-5-1-2-12(18)9-20-15/h3-4,7,12,14-15,19H,1-2,5-6,8-9H2. The maximum Gasteiger partial charge on any atom is 0.124 e. The first-order chi connectivity index (χ1) is 9.63. The normalized spacial score (nSPS) is 28.4. The molecule has 110 valence electrons. The SMILES string of the molecule is OC(Cc1ccc(F)cc1Cl)C1CN2CCCC2CO1. The Labute approximate surface area is 123 Å². The molecule has 0 bridgehead atoms. The van der Waals surface area contributed by atoms with Crippen LogP contribution in [0, 0.1) is 5.82 Å². The largest absolute Gasteiger partial charge is 0.390 e. The molecule has 2 saturated heterocycles. The summed E-state index contributed by atoms with van der Waals surface area (Å²) in [4.78, 5) is 2.39. The summed E-state index contributed by atoms with van der Waals surface area (Å²) in [6, 6.07) is 4.80. The fraction of sp³-hybridized carbons (Fsp3) is 0.600. The fourth-order valence-electron chi connectivity index (χ4n) is 3.12. The molecule has 2 aliphatic heterocycles. The molecule has 3 rings (SSSR count). The average Bonchev–Trinajstić information content (AvgIpc) is 2.89. The van der Waals surface area contributed by atoms with E-state index in [0.717, 1.165) is 18.7 Å². The Morgan fingerprint density at radius 3 is 3.15 bits per heavy atom. The molecule has 0 spiro atoms. The third-order valence-corrected chi connectivity index (χ3v) is 4.64. The Hall–Kier alpha value is -0.680. The second-order valence-corrected chi connectivity index (χ2v) is 6.08. The van der Waals surface area contributed by atoms with Crippen molar-refractivity contribution in [2.75, 3.05) is 19.7 Å². The van der Waals surface area contributed by atoms with Crippen molar-refractivity contribution in [2.24, 2.45) is 0 Å². The number of rotatable bonds is 3. The molecular formula is C15H19ClFNO2. The number of morpholine rings is 1. The lowest BCUT2D eigenvalue weighted by Gasteiger charge is -2.37. The second-order valence-electron chi connectivity index (χ2n) is 5.67. The van der Waals surface area contributed by atoms with Gasteiger partial charge in [0.05, 0.1) is 18.8 Å². The third kappa shape index (κ3) is 2.98. The van der Waals surface area contributed by atoms with Gasteiger partial charge >= 0.3 is 0 Å². The molecule has 5 heteroatoms. The van der Waals surface area contributed by atoms with Crippen molar-refractivity contribution < 1.29 is 14.2 Å². The van der Waals surface area contributed by atoms with Crippen LogP contribution < -0.4 is 0 Å². The van der Waals surface area contributed by atoms with Crippen molar-refractivity contribution in [2.45, 2.75) is 37.5 Å². The zero-order chi connectivity index (χ0) is 14.1. The Kier molecular flexibility index (Phi) is 4.26. The first-order valence-corrected chi connectivity index (χ1v) is 7.49. The predicted octanol–water partition coefficient (Wildman–Crippen LogP) is 2.25. The number of nitrogens with zero attached hydrogens (tertiary/aromatic N) is 1. The van der Waals surface area contributed by atoms with E-state index in [1.807, 2.05) is 0 Å². The van der Waals surface area contributed by atoms with Crippen LogP contribution in [0.2, 0.25) is 5.02 Å². The van der Waals surface area contributed by atoms with Crippen LogP contribution in [0.3, 0.4) is 0 Å². The molecule has 2 heterocycles. The number of fused-ring (bicyclic) bond motifs is 1.